The molecule has 1 aliphatic rings. The third-order valence-corrected chi connectivity index (χ3v) is 8.72. The molecule has 1 amide bonds. The van der Waals surface area contributed by atoms with Crippen molar-refractivity contribution in [3.63, 3.8) is 0 Å². The number of anilines is 2. The van der Waals surface area contributed by atoms with E-state index in [2.05, 4.69) is 5.32 Å². The Bertz CT molecular complexity index is 1810. The standard InChI is InChI=1S/C30H28N4O6S/c1-21-29(30(37)34(32(21)2)24-9-4-3-5-10-24)31-27(35)20-40-28(36)17-14-22-12-15-25(16-13-22)41(38,39)33-19-18-23-8-6-7-11-26(23)33/h3-17H,18-20H2,1-2H3,(H,31,35). The first-order chi connectivity index (χ1) is 19.7. The number of carbonyl (C=O) groups excluding carboxylic acids is 2. The van der Waals surface area contributed by atoms with Crippen LogP contribution in [0.2, 0.25) is 0 Å². The summed E-state index contributed by atoms with van der Waals surface area (Å²) in [5.41, 5.74) is 3.13. The fourth-order valence-corrected chi connectivity index (χ4v) is 6.18. The van der Waals surface area contributed by atoms with Crippen LogP contribution in [0.4, 0.5) is 11.4 Å². The fraction of sp³-hybridized carbons (Fsp3) is 0.167. The first-order valence-corrected chi connectivity index (χ1v) is 14.3. The van der Waals surface area contributed by atoms with Crippen molar-refractivity contribution < 1.29 is 22.7 Å². The van der Waals surface area contributed by atoms with Gasteiger partial charge in [-0.05, 0) is 60.9 Å². The molecule has 0 spiro atoms. The second kappa shape index (κ2) is 11.3. The first kappa shape index (κ1) is 27.7. The van der Waals surface area contributed by atoms with Gasteiger partial charge in [-0.2, -0.15) is 0 Å². The average Bonchev–Trinajstić information content (AvgIpc) is 3.51. The van der Waals surface area contributed by atoms with Gasteiger partial charge in [0.15, 0.2) is 6.61 Å². The van der Waals surface area contributed by atoms with E-state index in [-0.39, 0.29) is 10.6 Å². The van der Waals surface area contributed by atoms with Gasteiger partial charge in [-0.15, -0.1) is 0 Å². The smallest absolute Gasteiger partial charge is 0.331 e. The van der Waals surface area contributed by atoms with Crippen LogP contribution in [0.1, 0.15) is 16.8 Å². The van der Waals surface area contributed by atoms with E-state index in [0.717, 1.165) is 11.6 Å². The van der Waals surface area contributed by atoms with Crippen LogP contribution in [0, 0.1) is 6.92 Å². The van der Waals surface area contributed by atoms with Crippen LogP contribution < -0.4 is 15.2 Å². The molecule has 10 nitrogen and oxygen atoms in total. The van der Waals surface area contributed by atoms with Gasteiger partial charge in [0.25, 0.3) is 21.5 Å². The monoisotopic (exact) mass is 572 g/mol. The predicted octanol–water partition coefficient (Wildman–Crippen LogP) is 3.43. The molecular weight excluding hydrogens is 544 g/mol. The molecule has 0 saturated carbocycles. The average molecular weight is 573 g/mol. The summed E-state index contributed by atoms with van der Waals surface area (Å²) in [5, 5.41) is 2.53. The van der Waals surface area contributed by atoms with E-state index >= 15 is 0 Å². The lowest BCUT2D eigenvalue weighted by Gasteiger charge is -2.19. The number of amides is 1. The van der Waals surface area contributed by atoms with Crippen LogP contribution in [-0.2, 0) is 37.8 Å². The maximum absolute atomic E-state index is 13.2. The molecule has 4 aromatic rings. The predicted molar refractivity (Wildman–Crippen MR) is 155 cm³/mol. The van der Waals surface area contributed by atoms with Crippen LogP contribution in [0.5, 0.6) is 0 Å². The summed E-state index contributed by atoms with van der Waals surface area (Å²) in [6, 6.07) is 22.6. The van der Waals surface area contributed by atoms with Gasteiger partial charge in [0.05, 0.1) is 22.0 Å². The highest BCUT2D eigenvalue weighted by atomic mass is 32.2. The van der Waals surface area contributed by atoms with Crippen LogP contribution in [-0.4, -0.2) is 42.8 Å². The summed E-state index contributed by atoms with van der Waals surface area (Å²) >= 11 is 0. The van der Waals surface area contributed by atoms with Crippen LogP contribution in [0.25, 0.3) is 11.8 Å². The van der Waals surface area contributed by atoms with Gasteiger partial charge in [0.1, 0.15) is 5.69 Å². The second-order valence-electron chi connectivity index (χ2n) is 9.45. The van der Waals surface area contributed by atoms with Crippen molar-refractivity contribution in [3.05, 3.63) is 112 Å². The minimum absolute atomic E-state index is 0.0976. The minimum atomic E-state index is -3.72. The molecule has 41 heavy (non-hydrogen) atoms. The Morgan fingerprint density at radius 2 is 1.66 bits per heavy atom. The van der Waals surface area contributed by atoms with Crippen molar-refractivity contribution in [2.24, 2.45) is 7.05 Å². The zero-order valence-corrected chi connectivity index (χ0v) is 23.3. The number of rotatable bonds is 8. The highest BCUT2D eigenvalue weighted by Gasteiger charge is 2.30. The molecule has 0 unspecified atom stereocenters. The first-order valence-electron chi connectivity index (χ1n) is 12.9. The maximum atomic E-state index is 13.2. The van der Waals surface area contributed by atoms with Gasteiger partial charge in [-0.1, -0.05) is 48.5 Å². The zero-order chi connectivity index (χ0) is 29.1. The van der Waals surface area contributed by atoms with Crippen molar-refractivity contribution in [2.75, 3.05) is 22.8 Å². The van der Waals surface area contributed by atoms with Crippen molar-refractivity contribution in [2.45, 2.75) is 18.2 Å². The molecule has 0 bridgehead atoms. The zero-order valence-electron chi connectivity index (χ0n) is 22.5. The Morgan fingerprint density at radius 1 is 0.976 bits per heavy atom. The molecule has 1 aliphatic heterocycles. The number of nitrogens with one attached hydrogen (secondary N) is 1. The van der Waals surface area contributed by atoms with Crippen molar-refractivity contribution in [1.29, 1.82) is 0 Å². The Morgan fingerprint density at radius 3 is 2.39 bits per heavy atom. The Balaban J connectivity index is 1.18. The number of para-hydroxylation sites is 2. The third kappa shape index (κ3) is 5.57. The highest BCUT2D eigenvalue weighted by molar-refractivity contribution is 7.92. The summed E-state index contributed by atoms with van der Waals surface area (Å²) < 4.78 is 35.8. The van der Waals surface area contributed by atoms with Crippen molar-refractivity contribution in [3.8, 4) is 5.69 Å². The fourth-order valence-electron chi connectivity index (χ4n) is 4.67. The van der Waals surface area contributed by atoms with Crippen molar-refractivity contribution >= 4 is 39.4 Å². The summed E-state index contributed by atoms with van der Waals surface area (Å²) in [5.74, 6) is -1.42. The molecule has 2 heterocycles. The topological polar surface area (TPSA) is 120 Å². The number of aromatic nitrogens is 2. The van der Waals surface area contributed by atoms with Gasteiger partial charge in [0, 0.05) is 19.7 Å². The Hall–Kier alpha value is -4.90. The quantitative estimate of drug-likeness (QED) is 0.255. The normalized spacial score (nSPS) is 12.9. The highest BCUT2D eigenvalue weighted by Crippen LogP contribution is 2.32. The van der Waals surface area contributed by atoms with Gasteiger partial charge in [0.2, 0.25) is 0 Å². The lowest BCUT2D eigenvalue weighted by atomic mass is 10.2. The number of carbonyl (C=O) groups is 2. The van der Waals surface area contributed by atoms with E-state index in [0.29, 0.717) is 35.6 Å². The molecule has 1 N–H and O–H groups in total. The van der Waals surface area contributed by atoms with Gasteiger partial charge in [-0.3, -0.25) is 18.6 Å². The summed E-state index contributed by atoms with van der Waals surface area (Å²) in [6.45, 7) is 1.50. The van der Waals surface area contributed by atoms with E-state index in [1.54, 1.807) is 61.1 Å². The SMILES string of the molecule is Cc1c(NC(=O)COC(=O)C=Cc2ccc(S(=O)(=O)N3CCc4ccccc43)cc2)c(=O)n(-c2ccccc2)n1C. The van der Waals surface area contributed by atoms with Crippen LogP contribution >= 0.6 is 0 Å². The van der Waals surface area contributed by atoms with Gasteiger partial charge in [-0.25, -0.2) is 17.9 Å². The summed E-state index contributed by atoms with van der Waals surface area (Å²) in [7, 11) is -2.01. The largest absolute Gasteiger partial charge is 0.452 e. The third-order valence-electron chi connectivity index (χ3n) is 6.89. The van der Waals surface area contributed by atoms with E-state index in [1.165, 1.54) is 27.2 Å². The molecule has 210 valence electrons. The number of fused-ring (bicyclic) bond motifs is 1. The Labute approximate surface area is 237 Å². The number of esters is 1. The van der Waals surface area contributed by atoms with E-state index in [9.17, 15) is 22.8 Å². The van der Waals surface area contributed by atoms with Crippen LogP contribution in [0.15, 0.2) is 94.6 Å². The second-order valence-corrected chi connectivity index (χ2v) is 11.3. The maximum Gasteiger partial charge on any atom is 0.331 e. The van der Waals surface area contributed by atoms with Crippen LogP contribution in [0.3, 0.4) is 0 Å². The molecule has 0 aliphatic carbocycles. The number of hydrogen-bond acceptors (Lipinski definition) is 6. The number of hydrogen-bond donors (Lipinski definition) is 1. The van der Waals surface area contributed by atoms with E-state index in [1.807, 2.05) is 24.3 Å². The number of benzene rings is 3. The Kier molecular flexibility index (Phi) is 7.62. The lowest BCUT2D eigenvalue weighted by Crippen LogP contribution is -2.29. The molecule has 11 heteroatoms. The molecule has 0 saturated heterocycles. The number of nitrogens with zero attached hydrogens (tertiary/aromatic N) is 3. The minimum Gasteiger partial charge on any atom is -0.452 e. The summed E-state index contributed by atoms with van der Waals surface area (Å²) in [6.07, 6.45) is 3.26. The van der Waals surface area contributed by atoms with Gasteiger partial charge >= 0.3 is 5.97 Å². The molecule has 3 aromatic carbocycles. The number of sulfonamides is 1. The van der Waals surface area contributed by atoms with E-state index in [4.69, 9.17) is 4.74 Å². The number of ether oxygens (including phenoxy) is 1. The molecule has 0 radical (unpaired) electrons. The summed E-state index contributed by atoms with van der Waals surface area (Å²) in [4.78, 5) is 37.7. The molecule has 0 fully saturated rings. The van der Waals surface area contributed by atoms with Crippen molar-refractivity contribution in [1.82, 2.24) is 9.36 Å². The lowest BCUT2D eigenvalue weighted by molar-refractivity contribution is -0.142. The van der Waals surface area contributed by atoms with E-state index < -0.39 is 34.1 Å². The van der Waals surface area contributed by atoms with Gasteiger partial charge < -0.3 is 10.1 Å². The molecular formula is C30H28N4O6S. The molecule has 0 atom stereocenters. The molecule has 1 aromatic heterocycles. The molecule has 5 rings (SSSR count).